The van der Waals surface area contributed by atoms with Crippen molar-refractivity contribution in [3.63, 3.8) is 0 Å². The highest BCUT2D eigenvalue weighted by atomic mass is 79.9. The largest absolute Gasteiger partial charge is 0.299 e. The van der Waals surface area contributed by atoms with Crippen molar-refractivity contribution in [1.29, 1.82) is 0 Å². The van der Waals surface area contributed by atoms with Crippen molar-refractivity contribution >= 4 is 27.5 Å². The second-order valence-electron chi connectivity index (χ2n) is 7.89. The van der Waals surface area contributed by atoms with Crippen molar-refractivity contribution in [3.05, 3.63) is 36.0 Å². The van der Waals surface area contributed by atoms with Crippen LogP contribution >= 0.6 is 15.9 Å². The average molecular weight is 385 g/mol. The molecule has 0 aromatic rings. The molecule has 4 aliphatic carbocycles. The maximum atomic E-state index is 12.5. The van der Waals surface area contributed by atoms with Crippen LogP contribution in [0.25, 0.3) is 0 Å². The molecule has 0 heterocycles. The summed E-state index contributed by atoms with van der Waals surface area (Å²) in [5, 5.41) is 0. The highest BCUT2D eigenvalue weighted by Gasteiger charge is 2.58. The zero-order valence-corrected chi connectivity index (χ0v) is 15.4. The van der Waals surface area contributed by atoms with E-state index in [4.69, 9.17) is 0 Å². The van der Waals surface area contributed by atoms with Crippen LogP contribution < -0.4 is 0 Å². The summed E-state index contributed by atoms with van der Waals surface area (Å²) >= 11 is 3.22. The van der Waals surface area contributed by atoms with Crippen LogP contribution in [0.5, 0.6) is 0 Å². The van der Waals surface area contributed by atoms with Gasteiger partial charge < -0.3 is 0 Å². The fourth-order valence-electron chi connectivity index (χ4n) is 5.73. The minimum absolute atomic E-state index is 0.0622. The Balaban J connectivity index is 1.80. The van der Waals surface area contributed by atoms with Crippen molar-refractivity contribution in [3.8, 4) is 10.8 Å². The molecule has 0 bridgehead atoms. The zero-order chi connectivity index (χ0) is 16.9. The first-order valence-electron chi connectivity index (χ1n) is 8.77. The first-order chi connectivity index (χ1) is 11.5. The minimum Gasteiger partial charge on any atom is -0.299 e. The summed E-state index contributed by atoms with van der Waals surface area (Å²) in [6.45, 7) is 2.17. The van der Waals surface area contributed by atoms with Gasteiger partial charge in [0.05, 0.1) is 0 Å². The summed E-state index contributed by atoms with van der Waals surface area (Å²) in [5.74, 6) is 4.97. The van der Waals surface area contributed by atoms with E-state index in [1.807, 2.05) is 0 Å². The SMILES string of the molecule is C[C@]12CC[C@H]3[C@@H](C=CC4=CC(=O)C=C[C@@]43CC#CBr)[C@@H]1CCC2=O. The van der Waals surface area contributed by atoms with E-state index < -0.39 is 0 Å². The smallest absolute Gasteiger partial charge is 0.178 e. The third-order valence-corrected chi connectivity index (χ3v) is 7.31. The molecule has 0 saturated heterocycles. The molecule has 0 spiro atoms. The van der Waals surface area contributed by atoms with Crippen LogP contribution in [0.4, 0.5) is 0 Å². The van der Waals surface area contributed by atoms with E-state index >= 15 is 0 Å². The van der Waals surface area contributed by atoms with Crippen molar-refractivity contribution in [2.45, 2.75) is 39.0 Å². The van der Waals surface area contributed by atoms with Gasteiger partial charge in [0.25, 0.3) is 0 Å². The molecule has 0 radical (unpaired) electrons. The van der Waals surface area contributed by atoms with E-state index in [-0.39, 0.29) is 16.6 Å². The lowest BCUT2D eigenvalue weighted by Crippen LogP contribution is -2.49. The number of carbonyl (C=O) groups excluding carboxylic acids is 2. The van der Waals surface area contributed by atoms with E-state index in [2.05, 4.69) is 51.8 Å². The van der Waals surface area contributed by atoms with Crippen molar-refractivity contribution < 1.29 is 9.59 Å². The maximum absolute atomic E-state index is 12.5. The molecule has 2 nitrogen and oxygen atoms in total. The minimum atomic E-state index is -0.179. The highest BCUT2D eigenvalue weighted by molar-refractivity contribution is 9.12. The highest BCUT2D eigenvalue weighted by Crippen LogP contribution is 2.62. The summed E-state index contributed by atoms with van der Waals surface area (Å²) in [6.07, 6.45) is 14.4. The molecule has 4 aliphatic rings. The normalized spacial score (nSPS) is 42.6. The fourth-order valence-corrected chi connectivity index (χ4v) is 5.87. The number of ketones is 2. The molecule has 4 rings (SSSR count). The topological polar surface area (TPSA) is 34.1 Å². The number of halogens is 1. The summed E-state index contributed by atoms with van der Waals surface area (Å²) in [4.78, 5) is 27.2. The maximum Gasteiger partial charge on any atom is 0.178 e. The van der Waals surface area contributed by atoms with E-state index in [0.717, 1.165) is 37.7 Å². The van der Waals surface area contributed by atoms with Crippen molar-refractivity contribution in [2.75, 3.05) is 0 Å². The third kappa shape index (κ3) is 2.09. The van der Waals surface area contributed by atoms with E-state index in [1.54, 1.807) is 12.2 Å². The molecule has 0 aromatic carbocycles. The van der Waals surface area contributed by atoms with Crippen molar-refractivity contribution in [1.82, 2.24) is 0 Å². The standard InChI is InChI=1S/C21H21BrO2/c1-20-10-8-18-16(17(20)5-6-19(20)24)4-3-14-13-15(23)7-11-21(14,18)9-2-12-22/h3-4,7,11,13,16-18H,5-6,8-10H2,1H3/t16-,17-,18-,20-,21-/m0/s1. The summed E-state index contributed by atoms with van der Waals surface area (Å²) in [5.41, 5.74) is 0.768. The van der Waals surface area contributed by atoms with Gasteiger partial charge in [-0.1, -0.05) is 31.1 Å². The summed E-state index contributed by atoms with van der Waals surface area (Å²) in [7, 11) is 0. The molecule has 0 unspecified atom stereocenters. The molecular weight excluding hydrogens is 364 g/mol. The van der Waals surface area contributed by atoms with Gasteiger partial charge in [-0.2, -0.15) is 0 Å². The average Bonchev–Trinajstić information content (AvgIpc) is 2.88. The molecule has 124 valence electrons. The molecule has 3 heteroatoms. The van der Waals surface area contributed by atoms with Gasteiger partial charge in [-0.25, -0.2) is 0 Å². The predicted molar refractivity (Wildman–Crippen MR) is 97.2 cm³/mol. The molecule has 0 amide bonds. The zero-order valence-electron chi connectivity index (χ0n) is 13.8. The summed E-state index contributed by atoms with van der Waals surface area (Å²) in [6, 6.07) is 0. The lowest BCUT2D eigenvalue weighted by atomic mass is 9.49. The Bertz CT molecular complexity index is 762. The quantitative estimate of drug-likeness (QED) is 0.629. The predicted octanol–water partition coefficient (Wildman–Crippen LogP) is 4.37. The Morgan fingerprint density at radius 2 is 2.08 bits per heavy atom. The van der Waals surface area contributed by atoms with E-state index in [9.17, 15) is 9.59 Å². The van der Waals surface area contributed by atoms with E-state index in [0.29, 0.717) is 23.5 Å². The van der Waals surface area contributed by atoms with Gasteiger partial charge in [-0.15, -0.1) is 0 Å². The molecule has 2 saturated carbocycles. The van der Waals surface area contributed by atoms with Crippen LogP contribution in [-0.4, -0.2) is 11.6 Å². The third-order valence-electron chi connectivity index (χ3n) is 7.03. The Hall–Kier alpha value is -1.40. The van der Waals surface area contributed by atoms with Gasteiger partial charge >= 0.3 is 0 Å². The Morgan fingerprint density at radius 3 is 2.88 bits per heavy atom. The van der Waals surface area contributed by atoms with Crippen LogP contribution in [0.15, 0.2) is 36.0 Å². The molecule has 0 aliphatic heterocycles. The number of Topliss-reactive ketones (excluding diaryl/α,β-unsaturated/α-hetero) is 1. The van der Waals surface area contributed by atoms with Gasteiger partial charge in [0.2, 0.25) is 0 Å². The molecular formula is C21H21BrO2. The summed E-state index contributed by atoms with van der Waals surface area (Å²) < 4.78 is 0. The lowest BCUT2D eigenvalue weighted by Gasteiger charge is -2.54. The monoisotopic (exact) mass is 384 g/mol. The van der Waals surface area contributed by atoms with Crippen LogP contribution in [0.3, 0.4) is 0 Å². The molecule has 2 fully saturated rings. The number of allylic oxidation sites excluding steroid dienone is 6. The van der Waals surface area contributed by atoms with Crippen molar-refractivity contribution in [2.24, 2.45) is 28.6 Å². The molecule has 5 atom stereocenters. The lowest BCUT2D eigenvalue weighted by molar-refractivity contribution is -0.130. The van der Waals surface area contributed by atoms with Crippen LogP contribution in [0, 0.1) is 39.3 Å². The van der Waals surface area contributed by atoms with Crippen LogP contribution in [0.2, 0.25) is 0 Å². The van der Waals surface area contributed by atoms with Gasteiger partial charge in [-0.3, -0.25) is 9.59 Å². The first kappa shape index (κ1) is 16.1. The second-order valence-corrected chi connectivity index (χ2v) is 8.29. The number of fused-ring (bicyclic) bond motifs is 5. The van der Waals surface area contributed by atoms with Crippen LogP contribution in [0.1, 0.15) is 39.0 Å². The fraction of sp³-hybridized carbons (Fsp3) is 0.524. The van der Waals surface area contributed by atoms with Gasteiger partial charge in [-0.05, 0) is 59.6 Å². The first-order valence-corrected chi connectivity index (χ1v) is 9.56. The van der Waals surface area contributed by atoms with Gasteiger partial charge in [0, 0.05) is 39.6 Å². The molecule has 24 heavy (non-hydrogen) atoms. The van der Waals surface area contributed by atoms with Gasteiger partial charge in [0.1, 0.15) is 5.78 Å². The molecule has 0 aromatic heterocycles. The number of carbonyl (C=O) groups is 2. The number of hydrogen-bond acceptors (Lipinski definition) is 2. The Morgan fingerprint density at radius 1 is 1.25 bits per heavy atom. The number of hydrogen-bond donors (Lipinski definition) is 0. The van der Waals surface area contributed by atoms with E-state index in [1.165, 1.54) is 0 Å². The van der Waals surface area contributed by atoms with Crippen LogP contribution in [-0.2, 0) is 9.59 Å². The number of rotatable bonds is 1. The Labute approximate surface area is 151 Å². The molecule has 0 N–H and O–H groups in total. The van der Waals surface area contributed by atoms with Gasteiger partial charge in [0.15, 0.2) is 5.78 Å². The Kier molecular flexibility index (Phi) is 3.73. The second kappa shape index (κ2) is 5.56.